The van der Waals surface area contributed by atoms with Crippen molar-refractivity contribution >= 4 is 34.5 Å². The molecular weight excluding hydrogens is 350 g/mol. The Kier molecular flexibility index (Phi) is 6.87. The maximum atomic E-state index is 12.1. The van der Waals surface area contributed by atoms with Crippen LogP contribution in [0.3, 0.4) is 0 Å². The number of amides is 3. The van der Waals surface area contributed by atoms with Crippen molar-refractivity contribution in [3.63, 3.8) is 0 Å². The van der Waals surface area contributed by atoms with E-state index >= 15 is 0 Å². The highest BCUT2D eigenvalue weighted by atomic mass is 16.4. The lowest BCUT2D eigenvalue weighted by atomic mass is 9.99. The standard InChI is InChI=1S/C19H21N3O5/c1-12(23)20-10-17(24)21-11-18(25)22-16(9-19(26)27)15-7-6-13-4-2-3-5-14(13)8-15/h2-8,16H,9-11H2,1H3,(H,20,23)(H,21,24)(H,22,25)(H,26,27)/t16-/m0/s1. The van der Waals surface area contributed by atoms with Crippen LogP contribution in [0, 0.1) is 0 Å². The summed E-state index contributed by atoms with van der Waals surface area (Å²) in [6.07, 6.45) is -0.288. The largest absolute Gasteiger partial charge is 0.481 e. The van der Waals surface area contributed by atoms with Gasteiger partial charge in [-0.25, -0.2) is 0 Å². The Balaban J connectivity index is 2.02. The van der Waals surface area contributed by atoms with E-state index in [-0.39, 0.29) is 25.4 Å². The first-order valence-corrected chi connectivity index (χ1v) is 8.36. The van der Waals surface area contributed by atoms with Gasteiger partial charge in [0.15, 0.2) is 0 Å². The molecule has 3 amide bonds. The number of fused-ring (bicyclic) bond motifs is 1. The Morgan fingerprint density at radius 1 is 0.926 bits per heavy atom. The first-order chi connectivity index (χ1) is 12.8. The molecule has 2 aromatic rings. The molecule has 0 bridgehead atoms. The molecule has 2 aromatic carbocycles. The van der Waals surface area contributed by atoms with Gasteiger partial charge in [-0.05, 0) is 22.4 Å². The van der Waals surface area contributed by atoms with Crippen LogP contribution in [0.1, 0.15) is 24.9 Å². The average molecular weight is 371 g/mol. The fraction of sp³-hybridized carbons (Fsp3) is 0.263. The molecule has 0 heterocycles. The third kappa shape index (κ3) is 6.43. The molecule has 27 heavy (non-hydrogen) atoms. The van der Waals surface area contributed by atoms with E-state index in [1.165, 1.54) is 6.92 Å². The Hall–Kier alpha value is -3.42. The summed E-state index contributed by atoms with van der Waals surface area (Å²) >= 11 is 0. The van der Waals surface area contributed by atoms with Crippen molar-refractivity contribution < 1.29 is 24.3 Å². The molecule has 0 unspecified atom stereocenters. The number of carboxylic acids is 1. The van der Waals surface area contributed by atoms with Crippen molar-refractivity contribution in [2.45, 2.75) is 19.4 Å². The minimum Gasteiger partial charge on any atom is -0.481 e. The smallest absolute Gasteiger partial charge is 0.305 e. The van der Waals surface area contributed by atoms with Crippen molar-refractivity contribution in [1.29, 1.82) is 0 Å². The first-order valence-electron chi connectivity index (χ1n) is 8.36. The predicted molar refractivity (Wildman–Crippen MR) is 98.8 cm³/mol. The van der Waals surface area contributed by atoms with Gasteiger partial charge in [0.2, 0.25) is 17.7 Å². The second-order valence-electron chi connectivity index (χ2n) is 6.01. The van der Waals surface area contributed by atoms with E-state index < -0.39 is 23.8 Å². The molecular formula is C19H21N3O5. The Morgan fingerprint density at radius 2 is 1.59 bits per heavy atom. The molecule has 4 N–H and O–H groups in total. The third-order valence-corrected chi connectivity index (χ3v) is 3.83. The lowest BCUT2D eigenvalue weighted by Gasteiger charge is -2.18. The average Bonchev–Trinajstić information content (AvgIpc) is 2.63. The van der Waals surface area contributed by atoms with E-state index in [2.05, 4.69) is 16.0 Å². The molecule has 0 radical (unpaired) electrons. The van der Waals surface area contributed by atoms with Crippen LogP contribution in [0.4, 0.5) is 0 Å². The number of hydrogen-bond donors (Lipinski definition) is 4. The monoisotopic (exact) mass is 371 g/mol. The highest BCUT2D eigenvalue weighted by molar-refractivity contribution is 5.88. The Bertz CT molecular complexity index is 865. The molecule has 0 aliphatic rings. The van der Waals surface area contributed by atoms with E-state index in [0.29, 0.717) is 5.56 Å². The molecule has 0 saturated carbocycles. The number of hydrogen-bond acceptors (Lipinski definition) is 4. The zero-order valence-electron chi connectivity index (χ0n) is 14.8. The minimum atomic E-state index is -1.05. The summed E-state index contributed by atoms with van der Waals surface area (Å²) in [6.45, 7) is 0.730. The summed E-state index contributed by atoms with van der Waals surface area (Å²) in [7, 11) is 0. The number of nitrogens with one attached hydrogen (secondary N) is 3. The van der Waals surface area contributed by atoms with Crippen LogP contribution >= 0.6 is 0 Å². The maximum absolute atomic E-state index is 12.1. The van der Waals surface area contributed by atoms with E-state index in [1.807, 2.05) is 36.4 Å². The molecule has 8 heteroatoms. The Labute approximate surface area is 155 Å². The van der Waals surface area contributed by atoms with Crippen LogP contribution in [0.15, 0.2) is 42.5 Å². The van der Waals surface area contributed by atoms with E-state index in [1.54, 1.807) is 6.07 Å². The SMILES string of the molecule is CC(=O)NCC(=O)NCC(=O)N[C@@H](CC(=O)O)c1ccc2ccccc2c1. The lowest BCUT2D eigenvalue weighted by molar-refractivity contribution is -0.138. The topological polar surface area (TPSA) is 125 Å². The zero-order valence-corrected chi connectivity index (χ0v) is 14.8. The number of aliphatic carboxylic acids is 1. The fourth-order valence-electron chi connectivity index (χ4n) is 2.54. The summed E-state index contributed by atoms with van der Waals surface area (Å²) in [6, 6.07) is 12.4. The van der Waals surface area contributed by atoms with Crippen LogP contribution in [0.5, 0.6) is 0 Å². The van der Waals surface area contributed by atoms with Gasteiger partial charge >= 0.3 is 5.97 Å². The van der Waals surface area contributed by atoms with E-state index in [0.717, 1.165) is 10.8 Å². The first kappa shape index (κ1) is 19.9. The highest BCUT2D eigenvalue weighted by Gasteiger charge is 2.19. The van der Waals surface area contributed by atoms with E-state index in [4.69, 9.17) is 5.11 Å². The van der Waals surface area contributed by atoms with Gasteiger partial charge in [-0.1, -0.05) is 36.4 Å². The summed E-state index contributed by atoms with van der Waals surface area (Å²) in [5.41, 5.74) is 0.661. The van der Waals surface area contributed by atoms with E-state index in [9.17, 15) is 19.2 Å². The molecule has 8 nitrogen and oxygen atoms in total. The molecule has 2 rings (SSSR count). The second kappa shape index (κ2) is 9.33. The molecule has 1 atom stereocenters. The van der Waals surface area contributed by atoms with Gasteiger partial charge in [0.05, 0.1) is 25.6 Å². The van der Waals surface area contributed by atoms with Crippen LogP contribution < -0.4 is 16.0 Å². The van der Waals surface area contributed by atoms with Crippen molar-refractivity contribution in [3.8, 4) is 0 Å². The van der Waals surface area contributed by atoms with Gasteiger partial charge in [-0.2, -0.15) is 0 Å². The molecule has 0 spiro atoms. The van der Waals surface area contributed by atoms with Gasteiger partial charge in [0, 0.05) is 6.92 Å². The van der Waals surface area contributed by atoms with Crippen molar-refractivity contribution in [1.82, 2.24) is 16.0 Å². The highest BCUT2D eigenvalue weighted by Crippen LogP contribution is 2.22. The molecule has 142 valence electrons. The van der Waals surface area contributed by atoms with Gasteiger partial charge in [-0.15, -0.1) is 0 Å². The molecule has 0 fully saturated rings. The summed E-state index contributed by atoms with van der Waals surface area (Å²) in [5, 5.41) is 18.4. The molecule has 0 aliphatic carbocycles. The summed E-state index contributed by atoms with van der Waals surface area (Å²) < 4.78 is 0. The fourth-order valence-corrected chi connectivity index (χ4v) is 2.54. The minimum absolute atomic E-state index is 0.230. The van der Waals surface area contributed by atoms with Gasteiger partial charge in [0.1, 0.15) is 0 Å². The molecule has 0 aliphatic heterocycles. The number of carbonyl (C=O) groups excluding carboxylic acids is 3. The van der Waals surface area contributed by atoms with Crippen LogP contribution in [-0.2, 0) is 19.2 Å². The number of carboxylic acid groups (broad SMARTS) is 1. The zero-order chi connectivity index (χ0) is 19.8. The van der Waals surface area contributed by atoms with Gasteiger partial charge in [-0.3, -0.25) is 19.2 Å². The lowest BCUT2D eigenvalue weighted by Crippen LogP contribution is -2.42. The van der Waals surface area contributed by atoms with Crippen LogP contribution in [0.2, 0.25) is 0 Å². The third-order valence-electron chi connectivity index (χ3n) is 3.83. The predicted octanol–water partition coefficient (Wildman–Crippen LogP) is 0.724. The van der Waals surface area contributed by atoms with Gasteiger partial charge < -0.3 is 21.1 Å². The van der Waals surface area contributed by atoms with Crippen molar-refractivity contribution in [3.05, 3.63) is 48.0 Å². The number of benzene rings is 2. The molecule has 0 saturated heterocycles. The quantitative estimate of drug-likeness (QED) is 0.544. The number of carbonyl (C=O) groups is 4. The maximum Gasteiger partial charge on any atom is 0.305 e. The number of rotatable bonds is 8. The summed E-state index contributed by atoms with van der Waals surface area (Å²) in [5.74, 6) is -2.44. The van der Waals surface area contributed by atoms with Crippen LogP contribution in [0.25, 0.3) is 10.8 Å². The van der Waals surface area contributed by atoms with Crippen molar-refractivity contribution in [2.75, 3.05) is 13.1 Å². The summed E-state index contributed by atoms with van der Waals surface area (Å²) in [4.78, 5) is 45.6. The van der Waals surface area contributed by atoms with Crippen LogP contribution in [-0.4, -0.2) is 41.9 Å². The molecule has 0 aromatic heterocycles. The Morgan fingerprint density at radius 3 is 2.26 bits per heavy atom. The normalized spacial score (nSPS) is 11.4. The van der Waals surface area contributed by atoms with Gasteiger partial charge in [0.25, 0.3) is 0 Å². The van der Waals surface area contributed by atoms with Crippen molar-refractivity contribution in [2.24, 2.45) is 0 Å². The second-order valence-corrected chi connectivity index (χ2v) is 6.01.